The van der Waals surface area contributed by atoms with Crippen molar-refractivity contribution in [2.45, 2.75) is 5.25 Å². The van der Waals surface area contributed by atoms with Crippen molar-refractivity contribution in [3.63, 3.8) is 0 Å². The Kier molecular flexibility index (Phi) is 4.34. The van der Waals surface area contributed by atoms with E-state index in [0.717, 1.165) is 0 Å². The Balaban J connectivity index is 2.94. The molecule has 5 nitrogen and oxygen atoms in total. The first-order valence-corrected chi connectivity index (χ1v) is 6.06. The van der Waals surface area contributed by atoms with E-state index in [0.29, 0.717) is 0 Å². The van der Waals surface area contributed by atoms with Gasteiger partial charge < -0.3 is 4.74 Å². The lowest BCUT2D eigenvalue weighted by atomic mass is 10.2. The number of rotatable bonds is 4. The first-order valence-electron chi connectivity index (χ1n) is 4.62. The number of alkyl halides is 2. The molecule has 0 amide bonds. The van der Waals surface area contributed by atoms with Gasteiger partial charge in [0.1, 0.15) is 11.4 Å². The number of esters is 1. The van der Waals surface area contributed by atoms with Crippen molar-refractivity contribution in [2.75, 3.05) is 6.61 Å². The van der Waals surface area contributed by atoms with E-state index in [1.807, 2.05) is 0 Å². The molecule has 0 heterocycles. The average molecular weight is 320 g/mol. The Morgan fingerprint density at radius 1 is 1.25 bits per heavy atom. The molecule has 1 N–H and O–H groups in total. The van der Waals surface area contributed by atoms with Gasteiger partial charge in [-0.15, -0.1) is 0 Å². The lowest BCUT2D eigenvalue weighted by Crippen LogP contribution is -2.34. The third-order valence-electron chi connectivity index (χ3n) is 1.96. The fourth-order valence-electron chi connectivity index (χ4n) is 1.01. The minimum atomic E-state index is -5.86. The van der Waals surface area contributed by atoms with Crippen LogP contribution in [0.4, 0.5) is 22.0 Å². The Morgan fingerprint density at radius 2 is 1.80 bits per heavy atom. The van der Waals surface area contributed by atoms with Crippen LogP contribution < -0.4 is 0 Å². The Morgan fingerprint density at radius 3 is 2.30 bits per heavy atom. The molecule has 0 saturated carbocycles. The van der Waals surface area contributed by atoms with Gasteiger partial charge in [0, 0.05) is 6.07 Å². The zero-order valence-corrected chi connectivity index (χ0v) is 10.1. The molecule has 1 aromatic rings. The largest absolute Gasteiger partial charge is 0.454 e. The molecule has 0 aliphatic carbocycles. The van der Waals surface area contributed by atoms with E-state index in [-0.39, 0.29) is 12.1 Å². The highest BCUT2D eigenvalue weighted by Crippen LogP contribution is 2.22. The summed E-state index contributed by atoms with van der Waals surface area (Å²) in [5.74, 6) is -6.92. The Labute approximate surface area is 108 Å². The molecule has 0 aromatic heterocycles. The molecule has 0 unspecified atom stereocenters. The second-order valence-electron chi connectivity index (χ2n) is 3.44. The molecule has 0 saturated heterocycles. The summed E-state index contributed by atoms with van der Waals surface area (Å²) in [6.07, 6.45) is 0. The van der Waals surface area contributed by atoms with E-state index in [9.17, 15) is 35.2 Å². The van der Waals surface area contributed by atoms with Crippen LogP contribution in [0, 0.1) is 17.5 Å². The van der Waals surface area contributed by atoms with Crippen molar-refractivity contribution in [1.82, 2.24) is 0 Å². The highest BCUT2D eigenvalue weighted by molar-refractivity contribution is 7.86. The van der Waals surface area contributed by atoms with Gasteiger partial charge in [-0.05, 0) is 6.07 Å². The molecular weight excluding hydrogens is 315 g/mol. The average Bonchev–Trinajstić information content (AvgIpc) is 2.29. The Hall–Kier alpha value is -1.75. The number of hydrogen-bond acceptors (Lipinski definition) is 4. The first-order chi connectivity index (χ1) is 8.95. The summed E-state index contributed by atoms with van der Waals surface area (Å²) in [6.45, 7) is -2.15. The molecule has 0 bridgehead atoms. The maximum absolute atomic E-state index is 13.1. The van der Waals surface area contributed by atoms with E-state index < -0.39 is 51.0 Å². The highest BCUT2D eigenvalue weighted by atomic mass is 32.2. The fraction of sp³-hybridized carbons (Fsp3) is 0.222. The number of benzene rings is 1. The number of carbonyl (C=O) groups is 1. The molecule has 0 aliphatic heterocycles. The topological polar surface area (TPSA) is 80.7 Å². The van der Waals surface area contributed by atoms with Crippen molar-refractivity contribution in [3.8, 4) is 0 Å². The van der Waals surface area contributed by atoms with E-state index in [1.54, 1.807) is 0 Å². The predicted molar refractivity (Wildman–Crippen MR) is 53.1 cm³/mol. The normalized spacial score (nSPS) is 12.3. The lowest BCUT2D eigenvalue weighted by molar-refractivity contribution is -0.00987. The number of carbonyl (C=O) groups excluding carboxylic acids is 1. The smallest absolute Gasteiger partial charge is 0.402 e. The van der Waals surface area contributed by atoms with E-state index in [1.165, 1.54) is 0 Å². The van der Waals surface area contributed by atoms with Crippen LogP contribution in [0.2, 0.25) is 0 Å². The van der Waals surface area contributed by atoms with Gasteiger partial charge in [-0.25, -0.2) is 18.0 Å². The quantitative estimate of drug-likeness (QED) is 0.396. The zero-order chi connectivity index (χ0) is 15.7. The molecule has 0 atom stereocenters. The molecule has 11 heteroatoms. The van der Waals surface area contributed by atoms with Crippen molar-refractivity contribution in [2.24, 2.45) is 0 Å². The van der Waals surface area contributed by atoms with Crippen LogP contribution in [0.5, 0.6) is 0 Å². The standard InChI is InChI=1S/C9H5F5O5S/c10-4-1-5(7(12)6(11)2-4)8(15)19-3-9(13,14)20(16,17)18/h1-2H,3H2,(H,16,17,18). The van der Waals surface area contributed by atoms with Crippen LogP contribution in [0.3, 0.4) is 0 Å². The van der Waals surface area contributed by atoms with Crippen LogP contribution in [0.15, 0.2) is 12.1 Å². The van der Waals surface area contributed by atoms with Crippen LogP contribution in [-0.4, -0.2) is 30.8 Å². The minimum absolute atomic E-state index is 0.0961. The van der Waals surface area contributed by atoms with Crippen molar-refractivity contribution in [3.05, 3.63) is 35.1 Å². The second-order valence-corrected chi connectivity index (χ2v) is 4.99. The maximum atomic E-state index is 13.1. The van der Waals surface area contributed by atoms with E-state index in [2.05, 4.69) is 4.74 Å². The van der Waals surface area contributed by atoms with Crippen LogP contribution in [0.1, 0.15) is 10.4 Å². The Bertz CT molecular complexity index is 642. The molecule has 1 aromatic carbocycles. The lowest BCUT2D eigenvalue weighted by Gasteiger charge is -2.13. The number of ether oxygens (including phenoxy) is 1. The van der Waals surface area contributed by atoms with Crippen LogP contribution in [-0.2, 0) is 14.9 Å². The number of hydrogen-bond donors (Lipinski definition) is 1. The van der Waals surface area contributed by atoms with Gasteiger partial charge in [-0.1, -0.05) is 0 Å². The van der Waals surface area contributed by atoms with Crippen molar-refractivity contribution < 1.29 is 44.5 Å². The molecule has 0 radical (unpaired) electrons. The summed E-state index contributed by atoms with van der Waals surface area (Å²) in [5, 5.41) is -4.84. The molecular formula is C9H5F5O5S. The van der Waals surface area contributed by atoms with Crippen molar-refractivity contribution >= 4 is 16.1 Å². The summed E-state index contributed by atoms with van der Waals surface area (Å²) in [5.41, 5.74) is -1.34. The molecule has 0 fully saturated rings. The van der Waals surface area contributed by atoms with Crippen LogP contribution in [0.25, 0.3) is 0 Å². The van der Waals surface area contributed by atoms with Gasteiger partial charge in [0.2, 0.25) is 0 Å². The van der Waals surface area contributed by atoms with Crippen molar-refractivity contribution in [1.29, 1.82) is 0 Å². The molecule has 112 valence electrons. The fourth-order valence-corrected chi connectivity index (χ4v) is 1.21. The van der Waals surface area contributed by atoms with Crippen LogP contribution >= 0.6 is 0 Å². The predicted octanol–water partition coefficient (Wildman–Crippen LogP) is 1.74. The summed E-state index contributed by atoms with van der Waals surface area (Å²) >= 11 is 0. The third-order valence-corrected chi connectivity index (χ3v) is 2.83. The summed E-state index contributed by atoms with van der Waals surface area (Å²) in [6, 6.07) is 0.269. The minimum Gasteiger partial charge on any atom is -0.454 e. The maximum Gasteiger partial charge on any atom is 0.402 e. The van der Waals surface area contributed by atoms with Gasteiger partial charge in [-0.3, -0.25) is 4.55 Å². The second kappa shape index (κ2) is 5.32. The first kappa shape index (κ1) is 16.3. The van der Waals surface area contributed by atoms with Gasteiger partial charge in [0.05, 0.1) is 0 Å². The zero-order valence-electron chi connectivity index (χ0n) is 9.24. The monoisotopic (exact) mass is 320 g/mol. The summed E-state index contributed by atoms with van der Waals surface area (Å²) in [7, 11) is -5.86. The summed E-state index contributed by atoms with van der Waals surface area (Å²) < 4.78 is 96.2. The molecule has 1 rings (SSSR count). The number of halogens is 5. The van der Waals surface area contributed by atoms with Gasteiger partial charge >= 0.3 is 21.3 Å². The van der Waals surface area contributed by atoms with Gasteiger partial charge in [-0.2, -0.15) is 17.2 Å². The molecule has 0 aliphatic rings. The summed E-state index contributed by atoms with van der Waals surface area (Å²) in [4.78, 5) is 11.1. The molecule has 20 heavy (non-hydrogen) atoms. The third kappa shape index (κ3) is 3.42. The van der Waals surface area contributed by atoms with E-state index >= 15 is 0 Å². The molecule has 0 spiro atoms. The van der Waals surface area contributed by atoms with Gasteiger partial charge in [0.15, 0.2) is 18.2 Å². The van der Waals surface area contributed by atoms with E-state index in [4.69, 9.17) is 4.55 Å². The highest BCUT2D eigenvalue weighted by Gasteiger charge is 2.45. The SMILES string of the molecule is O=C(OCC(F)(F)S(=O)(=O)O)c1cc(F)cc(F)c1F. The van der Waals surface area contributed by atoms with Gasteiger partial charge in [0.25, 0.3) is 0 Å².